The quantitative estimate of drug-likeness (QED) is 0.494. The number of carboxylic acids is 1. The van der Waals surface area contributed by atoms with Crippen LogP contribution in [0.2, 0.25) is 0 Å². The fourth-order valence-corrected chi connectivity index (χ4v) is 0.787. The highest BCUT2D eigenvalue weighted by atomic mass is 32.1. The molecule has 0 aromatic heterocycles. The van der Waals surface area contributed by atoms with Crippen LogP contribution in [-0.2, 0) is 4.79 Å². The first-order chi connectivity index (χ1) is 4.22. The van der Waals surface area contributed by atoms with Crippen molar-refractivity contribution in [2.75, 3.05) is 12.4 Å². The second-order valence-corrected chi connectivity index (χ2v) is 2.10. The molecule has 4 heteroatoms. The number of aliphatic carboxylic acids is 1. The second kappa shape index (κ2) is 4.64. The normalized spacial score (nSPS) is 13.1. The molecule has 0 heterocycles. The highest BCUT2D eigenvalue weighted by Crippen LogP contribution is 2.03. The Morgan fingerprint density at radius 2 is 2.22 bits per heavy atom. The Morgan fingerprint density at radius 1 is 1.67 bits per heavy atom. The van der Waals surface area contributed by atoms with Gasteiger partial charge in [0.05, 0.1) is 5.92 Å². The first-order valence-corrected chi connectivity index (χ1v) is 3.30. The zero-order chi connectivity index (χ0) is 7.28. The van der Waals surface area contributed by atoms with Crippen molar-refractivity contribution in [1.82, 2.24) is 0 Å². The summed E-state index contributed by atoms with van der Waals surface area (Å²) in [6, 6.07) is 0. The summed E-state index contributed by atoms with van der Waals surface area (Å²) in [5.41, 5.74) is 0. The molecule has 0 aromatic carbocycles. The van der Waals surface area contributed by atoms with Crippen molar-refractivity contribution in [3.8, 4) is 0 Å². The topological polar surface area (TPSA) is 57.5 Å². The number of thiol groups is 1. The van der Waals surface area contributed by atoms with Crippen molar-refractivity contribution in [3.05, 3.63) is 0 Å². The summed E-state index contributed by atoms with van der Waals surface area (Å²) >= 11 is 3.80. The Bertz CT molecular complexity index is 94.2. The molecule has 0 saturated carbocycles. The van der Waals surface area contributed by atoms with Gasteiger partial charge < -0.3 is 10.2 Å². The number of carboxylic acid groups (broad SMARTS) is 1. The largest absolute Gasteiger partial charge is 0.481 e. The van der Waals surface area contributed by atoms with E-state index in [1.165, 1.54) is 0 Å². The Hall–Kier alpha value is -0.220. The summed E-state index contributed by atoms with van der Waals surface area (Å²) in [6.45, 7) is -0.0858. The lowest BCUT2D eigenvalue weighted by Gasteiger charge is -2.04. The van der Waals surface area contributed by atoms with E-state index in [9.17, 15) is 4.79 Å². The number of carbonyl (C=O) groups is 1. The van der Waals surface area contributed by atoms with Gasteiger partial charge in [-0.3, -0.25) is 4.79 Å². The van der Waals surface area contributed by atoms with Gasteiger partial charge in [0.15, 0.2) is 0 Å². The van der Waals surface area contributed by atoms with Gasteiger partial charge in [0, 0.05) is 12.4 Å². The van der Waals surface area contributed by atoms with Gasteiger partial charge >= 0.3 is 5.97 Å². The van der Waals surface area contributed by atoms with Crippen molar-refractivity contribution >= 4 is 18.6 Å². The molecule has 0 fully saturated rings. The van der Waals surface area contributed by atoms with Crippen molar-refractivity contribution in [1.29, 1.82) is 0 Å². The van der Waals surface area contributed by atoms with E-state index in [2.05, 4.69) is 12.6 Å². The van der Waals surface area contributed by atoms with Crippen LogP contribution in [0.3, 0.4) is 0 Å². The first kappa shape index (κ1) is 8.78. The van der Waals surface area contributed by atoms with Crippen molar-refractivity contribution < 1.29 is 15.0 Å². The van der Waals surface area contributed by atoms with Gasteiger partial charge in [-0.15, -0.1) is 0 Å². The molecule has 0 aliphatic rings. The molecule has 0 rings (SSSR count). The van der Waals surface area contributed by atoms with Crippen LogP contribution in [0.4, 0.5) is 0 Å². The molecule has 2 N–H and O–H groups in total. The minimum absolute atomic E-state index is 0.0858. The minimum atomic E-state index is -0.890. The average molecular weight is 150 g/mol. The molecule has 0 spiro atoms. The molecular formula is C5H10O3S. The van der Waals surface area contributed by atoms with Crippen LogP contribution in [0.25, 0.3) is 0 Å². The van der Waals surface area contributed by atoms with E-state index in [0.29, 0.717) is 6.42 Å². The maximum Gasteiger partial charge on any atom is 0.307 e. The van der Waals surface area contributed by atoms with E-state index in [1.807, 2.05) is 0 Å². The van der Waals surface area contributed by atoms with Crippen molar-refractivity contribution in [2.24, 2.45) is 5.92 Å². The third kappa shape index (κ3) is 3.37. The number of aliphatic hydroxyl groups is 1. The molecule has 0 amide bonds. The predicted octanol–water partition coefficient (Wildman–Crippen LogP) is -0.000600. The van der Waals surface area contributed by atoms with Crippen LogP contribution < -0.4 is 0 Å². The molecular weight excluding hydrogens is 140 g/mol. The van der Waals surface area contributed by atoms with Gasteiger partial charge in [-0.05, 0) is 6.42 Å². The molecule has 0 aliphatic carbocycles. The summed E-state index contributed by atoms with van der Waals surface area (Å²) < 4.78 is 0. The highest BCUT2D eigenvalue weighted by Gasteiger charge is 2.13. The van der Waals surface area contributed by atoms with Crippen LogP contribution >= 0.6 is 12.6 Å². The fraction of sp³-hybridized carbons (Fsp3) is 0.800. The van der Waals surface area contributed by atoms with Crippen LogP contribution in [0.5, 0.6) is 0 Å². The maximum atomic E-state index is 10.2. The standard InChI is InChI=1S/C5H10O3S/c6-2-1-4(3-9)5(7)8/h4,6,9H,1-3H2,(H,7,8). The average Bonchev–Trinajstić information content (AvgIpc) is 1.82. The molecule has 0 aliphatic heterocycles. The predicted molar refractivity (Wildman–Crippen MR) is 36.7 cm³/mol. The number of aliphatic hydroxyl groups excluding tert-OH is 1. The van der Waals surface area contributed by atoms with Gasteiger partial charge in [-0.2, -0.15) is 12.6 Å². The summed E-state index contributed by atoms with van der Waals surface area (Å²) in [5, 5.41) is 16.7. The molecule has 1 atom stereocenters. The van der Waals surface area contributed by atoms with Crippen LogP contribution in [0.15, 0.2) is 0 Å². The SMILES string of the molecule is O=C(O)C(CS)CCO. The van der Waals surface area contributed by atoms with E-state index >= 15 is 0 Å². The molecule has 0 radical (unpaired) electrons. The highest BCUT2D eigenvalue weighted by molar-refractivity contribution is 7.80. The van der Waals surface area contributed by atoms with Crippen molar-refractivity contribution in [3.63, 3.8) is 0 Å². The Labute approximate surface area is 59.1 Å². The molecule has 3 nitrogen and oxygen atoms in total. The van der Waals surface area contributed by atoms with Gasteiger partial charge in [0.1, 0.15) is 0 Å². The lowest BCUT2D eigenvalue weighted by Crippen LogP contribution is -2.16. The maximum absolute atomic E-state index is 10.2. The lowest BCUT2D eigenvalue weighted by atomic mass is 10.1. The third-order valence-corrected chi connectivity index (χ3v) is 1.49. The summed E-state index contributed by atoms with van der Waals surface area (Å²) in [6.07, 6.45) is 0.291. The lowest BCUT2D eigenvalue weighted by molar-refractivity contribution is -0.141. The Balaban J connectivity index is 3.54. The third-order valence-electron chi connectivity index (χ3n) is 1.05. The molecule has 9 heavy (non-hydrogen) atoms. The number of rotatable bonds is 4. The monoisotopic (exact) mass is 150 g/mol. The summed E-state index contributed by atoms with van der Waals surface area (Å²) in [7, 11) is 0. The van der Waals surface area contributed by atoms with Crippen LogP contribution in [0.1, 0.15) is 6.42 Å². The first-order valence-electron chi connectivity index (χ1n) is 2.67. The van der Waals surface area contributed by atoms with Gasteiger partial charge in [-0.1, -0.05) is 0 Å². The Morgan fingerprint density at radius 3 is 2.33 bits per heavy atom. The molecule has 0 saturated heterocycles. The fourth-order valence-electron chi connectivity index (χ4n) is 0.449. The molecule has 1 unspecified atom stereocenters. The van der Waals surface area contributed by atoms with Crippen LogP contribution in [0, 0.1) is 5.92 Å². The molecule has 0 bridgehead atoms. The van der Waals surface area contributed by atoms with E-state index in [-0.39, 0.29) is 12.4 Å². The summed E-state index contributed by atoms with van der Waals surface area (Å²) in [4.78, 5) is 10.2. The smallest absolute Gasteiger partial charge is 0.307 e. The molecule has 0 aromatic rings. The van der Waals surface area contributed by atoms with E-state index in [0.717, 1.165) is 0 Å². The molecule has 54 valence electrons. The van der Waals surface area contributed by atoms with Gasteiger partial charge in [0.25, 0.3) is 0 Å². The van der Waals surface area contributed by atoms with Crippen molar-refractivity contribution in [2.45, 2.75) is 6.42 Å². The minimum Gasteiger partial charge on any atom is -0.481 e. The van der Waals surface area contributed by atoms with E-state index in [1.54, 1.807) is 0 Å². The van der Waals surface area contributed by atoms with E-state index < -0.39 is 11.9 Å². The van der Waals surface area contributed by atoms with Gasteiger partial charge in [-0.25, -0.2) is 0 Å². The van der Waals surface area contributed by atoms with Crippen LogP contribution in [-0.4, -0.2) is 28.5 Å². The number of hydrogen-bond donors (Lipinski definition) is 3. The zero-order valence-corrected chi connectivity index (χ0v) is 5.84. The van der Waals surface area contributed by atoms with Gasteiger partial charge in [0.2, 0.25) is 0 Å². The van der Waals surface area contributed by atoms with E-state index in [4.69, 9.17) is 10.2 Å². The number of hydrogen-bond acceptors (Lipinski definition) is 3. The Kier molecular flexibility index (Phi) is 4.53. The summed E-state index contributed by atoms with van der Waals surface area (Å²) in [5.74, 6) is -1.10. The second-order valence-electron chi connectivity index (χ2n) is 1.73. The zero-order valence-electron chi connectivity index (χ0n) is 4.95.